The van der Waals surface area contributed by atoms with Gasteiger partial charge in [0.2, 0.25) is 17.7 Å². The van der Waals surface area contributed by atoms with Crippen molar-refractivity contribution < 1.29 is 14.4 Å². The van der Waals surface area contributed by atoms with Crippen molar-refractivity contribution in [2.24, 2.45) is 11.8 Å². The molecule has 324 valence electrons. The quantitative estimate of drug-likeness (QED) is 0.111. The Balaban J connectivity index is 0.000000210. The van der Waals surface area contributed by atoms with Gasteiger partial charge >= 0.3 is 0 Å². The normalized spacial score (nSPS) is 10.2. The van der Waals surface area contributed by atoms with Gasteiger partial charge in [-0.05, 0) is 91.6 Å². The number of hydrogen-bond donors (Lipinski definition) is 3. The molecule has 3 aromatic carbocycles. The van der Waals surface area contributed by atoms with Gasteiger partial charge in [0.1, 0.15) is 17.5 Å². The predicted octanol–water partition coefficient (Wildman–Crippen LogP) is 10.9. The summed E-state index contributed by atoms with van der Waals surface area (Å²) in [4.78, 5) is 47.8. The Bertz CT molecular complexity index is 2530. The van der Waals surface area contributed by atoms with Crippen molar-refractivity contribution in [2.75, 3.05) is 16.0 Å². The molecule has 6 aromatic rings. The molecule has 9 nitrogen and oxygen atoms in total. The Hall–Kier alpha value is -7.80. The number of benzene rings is 3. The maximum absolute atomic E-state index is 11.9. The van der Waals surface area contributed by atoms with Gasteiger partial charge in [-0.1, -0.05) is 138 Å². The molecule has 9 heteroatoms. The van der Waals surface area contributed by atoms with E-state index in [2.05, 4.69) is 80.3 Å². The number of nitrogens with zero attached hydrogens (tertiary/aromatic N) is 3. The first-order valence-electron chi connectivity index (χ1n) is 21.6. The molecule has 0 aliphatic carbocycles. The molecule has 6 rings (SSSR count). The Kier molecular flexibility index (Phi) is 21.3. The number of hydrogen-bond acceptors (Lipinski definition) is 6. The van der Waals surface area contributed by atoms with Crippen LogP contribution in [0.2, 0.25) is 0 Å². The molecule has 0 bridgehead atoms. The van der Waals surface area contributed by atoms with Gasteiger partial charge in [-0.3, -0.25) is 14.4 Å². The van der Waals surface area contributed by atoms with Crippen LogP contribution < -0.4 is 16.0 Å². The highest BCUT2D eigenvalue weighted by atomic mass is 16.2. The summed E-state index contributed by atoms with van der Waals surface area (Å²) in [5.41, 5.74) is 5.36. The first-order chi connectivity index (χ1) is 31.1. The molecule has 0 fully saturated rings. The Labute approximate surface area is 379 Å². The number of anilines is 3. The maximum Gasteiger partial charge on any atom is 0.228 e. The van der Waals surface area contributed by atoms with E-state index in [1.54, 1.807) is 36.8 Å². The van der Waals surface area contributed by atoms with Crippen LogP contribution in [0.1, 0.15) is 107 Å². The molecule has 0 aliphatic heterocycles. The summed E-state index contributed by atoms with van der Waals surface area (Å²) in [7, 11) is 0. The van der Waals surface area contributed by atoms with Crippen molar-refractivity contribution >= 4 is 35.2 Å². The zero-order chi connectivity index (χ0) is 45.8. The van der Waals surface area contributed by atoms with Gasteiger partial charge in [-0.2, -0.15) is 0 Å². The lowest BCUT2D eigenvalue weighted by molar-refractivity contribution is -0.119. The van der Waals surface area contributed by atoms with Crippen LogP contribution in [0.15, 0.2) is 146 Å². The van der Waals surface area contributed by atoms with Crippen molar-refractivity contribution in [1.82, 2.24) is 15.0 Å². The fraction of sp³-hybridized carbons (Fsp3) is 0.236. The minimum atomic E-state index is -0.0133. The highest BCUT2D eigenvalue weighted by Gasteiger charge is 2.12. The molecule has 1 atom stereocenters. The van der Waals surface area contributed by atoms with Crippen molar-refractivity contribution in [3.63, 3.8) is 0 Å². The highest BCUT2D eigenvalue weighted by Crippen LogP contribution is 2.12. The topological polar surface area (TPSA) is 126 Å². The maximum atomic E-state index is 11.9. The van der Waals surface area contributed by atoms with Gasteiger partial charge in [0, 0.05) is 70.7 Å². The predicted molar refractivity (Wildman–Crippen MR) is 259 cm³/mol. The van der Waals surface area contributed by atoms with E-state index in [0.717, 1.165) is 59.1 Å². The standard InChI is InChI=1S/C19H20N2O.2C18H18N2O/c1-3-7-15(2)19(22)21-18-13-12-17(14-20-18)11-10-16-8-5-4-6-9-16;1-14(2)12-18(21)20-17-11-10-16(13-19-17)9-8-15-6-4-3-5-7-15;1-2-3-9-18(21)20-17-13-12-16(14-19-17)11-10-15-7-5-4-6-8-15/h4-6,8-9,12-15H,3,7H2,1-2H3,(H,20,21,22);3-7,10-11,13-14H,12H2,1-2H3,(H,19,20,21);4-8,12-14H,2-3,9H2,1H3,(H,19,20,21). The molecule has 64 heavy (non-hydrogen) atoms. The summed E-state index contributed by atoms with van der Waals surface area (Å²) in [6, 6.07) is 40.3. The fourth-order valence-electron chi connectivity index (χ4n) is 5.54. The summed E-state index contributed by atoms with van der Waals surface area (Å²) < 4.78 is 0. The largest absolute Gasteiger partial charge is 0.311 e. The summed E-state index contributed by atoms with van der Waals surface area (Å²) in [6.07, 6.45) is 9.83. The number of carbonyl (C=O) groups is 3. The van der Waals surface area contributed by atoms with Gasteiger partial charge in [0.25, 0.3) is 0 Å². The molecule has 0 saturated heterocycles. The van der Waals surface area contributed by atoms with Crippen molar-refractivity contribution in [2.45, 2.75) is 73.1 Å². The van der Waals surface area contributed by atoms with E-state index in [4.69, 9.17) is 0 Å². The second-order valence-corrected chi connectivity index (χ2v) is 15.1. The second-order valence-electron chi connectivity index (χ2n) is 15.1. The lowest BCUT2D eigenvalue weighted by Gasteiger charge is -2.10. The molecular formula is C55H56N6O3. The fourth-order valence-corrected chi connectivity index (χ4v) is 5.54. The van der Waals surface area contributed by atoms with Crippen LogP contribution in [-0.2, 0) is 14.4 Å². The van der Waals surface area contributed by atoms with E-state index in [9.17, 15) is 14.4 Å². The number of unbranched alkanes of at least 4 members (excludes halogenated alkanes) is 1. The average Bonchev–Trinajstić information content (AvgIpc) is 3.31. The molecule has 0 saturated carbocycles. The lowest BCUT2D eigenvalue weighted by atomic mass is 10.1. The molecule has 0 aliphatic rings. The van der Waals surface area contributed by atoms with E-state index >= 15 is 0 Å². The number of pyridine rings is 3. The minimum Gasteiger partial charge on any atom is -0.311 e. The monoisotopic (exact) mass is 848 g/mol. The summed E-state index contributed by atoms with van der Waals surface area (Å²) in [5.74, 6) is 20.4. The van der Waals surface area contributed by atoms with Gasteiger partial charge in [-0.25, -0.2) is 15.0 Å². The second kappa shape index (κ2) is 27.9. The first kappa shape index (κ1) is 48.9. The van der Waals surface area contributed by atoms with E-state index in [1.807, 2.05) is 130 Å². The van der Waals surface area contributed by atoms with Crippen molar-refractivity contribution in [3.8, 4) is 35.5 Å². The zero-order valence-electron chi connectivity index (χ0n) is 37.3. The molecule has 3 amide bonds. The van der Waals surface area contributed by atoms with Crippen LogP contribution in [0.5, 0.6) is 0 Å². The van der Waals surface area contributed by atoms with E-state index < -0.39 is 0 Å². The number of rotatable bonds is 11. The van der Waals surface area contributed by atoms with Crippen molar-refractivity contribution in [1.29, 1.82) is 0 Å². The molecule has 3 heterocycles. The molecule has 0 spiro atoms. The lowest BCUT2D eigenvalue weighted by Crippen LogP contribution is -2.20. The van der Waals surface area contributed by atoms with Crippen molar-refractivity contribution in [3.05, 3.63) is 179 Å². The van der Waals surface area contributed by atoms with Crippen LogP contribution in [0.4, 0.5) is 17.5 Å². The molecule has 3 aromatic heterocycles. The Morgan fingerprint density at radius 2 is 0.844 bits per heavy atom. The molecular weight excluding hydrogens is 793 g/mol. The van der Waals surface area contributed by atoms with Gasteiger partial charge in [0.05, 0.1) is 0 Å². The Morgan fingerprint density at radius 3 is 1.19 bits per heavy atom. The number of nitrogens with one attached hydrogen (secondary N) is 3. The third-order valence-corrected chi connectivity index (χ3v) is 8.97. The van der Waals surface area contributed by atoms with Crippen LogP contribution in [0.3, 0.4) is 0 Å². The smallest absolute Gasteiger partial charge is 0.228 e. The van der Waals surface area contributed by atoms with Crippen LogP contribution in [-0.4, -0.2) is 32.7 Å². The number of carbonyl (C=O) groups excluding carboxylic acids is 3. The van der Waals surface area contributed by atoms with Crippen LogP contribution in [0.25, 0.3) is 0 Å². The SMILES string of the molecule is CC(C)CC(=O)Nc1ccc(C#Cc2ccccc2)cn1.CCCC(C)C(=O)Nc1ccc(C#Cc2ccccc2)cn1.CCCCC(=O)Nc1ccc(C#Cc2ccccc2)cn1. The van der Waals surface area contributed by atoms with Gasteiger partial charge in [-0.15, -0.1) is 0 Å². The average molecular weight is 849 g/mol. The van der Waals surface area contributed by atoms with Crippen LogP contribution >= 0.6 is 0 Å². The van der Waals surface area contributed by atoms with Crippen LogP contribution in [0, 0.1) is 47.4 Å². The van der Waals surface area contributed by atoms with E-state index in [0.29, 0.717) is 36.2 Å². The summed E-state index contributed by atoms with van der Waals surface area (Å²) in [6.45, 7) is 10.1. The minimum absolute atomic E-state index is 0.00403. The first-order valence-corrected chi connectivity index (χ1v) is 21.6. The van der Waals surface area contributed by atoms with Gasteiger partial charge < -0.3 is 16.0 Å². The van der Waals surface area contributed by atoms with E-state index in [-0.39, 0.29) is 23.6 Å². The molecule has 1 unspecified atom stereocenters. The summed E-state index contributed by atoms with van der Waals surface area (Å²) in [5, 5.41) is 8.38. The third kappa shape index (κ3) is 19.7. The number of aromatic nitrogens is 3. The van der Waals surface area contributed by atoms with E-state index in [1.165, 1.54) is 0 Å². The zero-order valence-corrected chi connectivity index (χ0v) is 37.3. The molecule has 3 N–H and O–H groups in total. The number of amides is 3. The Morgan fingerprint density at radius 1 is 0.469 bits per heavy atom. The highest BCUT2D eigenvalue weighted by molar-refractivity contribution is 5.91. The third-order valence-electron chi connectivity index (χ3n) is 8.97. The van der Waals surface area contributed by atoms with Gasteiger partial charge in [0.15, 0.2) is 0 Å². The molecule has 0 radical (unpaired) electrons. The summed E-state index contributed by atoms with van der Waals surface area (Å²) >= 11 is 0.